The molecule has 1 N–H and O–H groups in total. The van der Waals surface area contributed by atoms with E-state index >= 15 is 0 Å². The standard InChI is InChI=1S/C17H35N3/c1-15(2)20-13-10-16(14-20)18-11-7-12-19(3)17-8-5-4-6-9-17/h15-18H,4-14H2,1-3H3. The van der Waals surface area contributed by atoms with Crippen LogP contribution in [-0.4, -0.2) is 61.2 Å². The smallest absolute Gasteiger partial charge is 0.0207 e. The largest absolute Gasteiger partial charge is 0.313 e. The van der Waals surface area contributed by atoms with Crippen molar-refractivity contribution in [3.63, 3.8) is 0 Å². The van der Waals surface area contributed by atoms with Crippen LogP contribution in [0.25, 0.3) is 0 Å². The van der Waals surface area contributed by atoms with Gasteiger partial charge in [0.2, 0.25) is 0 Å². The Kier molecular flexibility index (Phi) is 6.79. The Hall–Kier alpha value is -0.120. The average Bonchev–Trinajstić information content (AvgIpc) is 2.93. The first kappa shape index (κ1) is 16.3. The van der Waals surface area contributed by atoms with E-state index in [4.69, 9.17) is 0 Å². The summed E-state index contributed by atoms with van der Waals surface area (Å²) in [4.78, 5) is 5.20. The van der Waals surface area contributed by atoms with Gasteiger partial charge in [-0.1, -0.05) is 19.3 Å². The zero-order chi connectivity index (χ0) is 14.4. The minimum Gasteiger partial charge on any atom is -0.313 e. The molecule has 0 aromatic carbocycles. The summed E-state index contributed by atoms with van der Waals surface area (Å²) in [5.41, 5.74) is 0. The fourth-order valence-corrected chi connectivity index (χ4v) is 3.76. The molecule has 2 fully saturated rings. The first-order valence-corrected chi connectivity index (χ1v) is 8.84. The predicted molar refractivity (Wildman–Crippen MR) is 87.2 cm³/mol. The van der Waals surface area contributed by atoms with Crippen LogP contribution in [0.1, 0.15) is 58.8 Å². The topological polar surface area (TPSA) is 18.5 Å². The molecule has 1 heterocycles. The highest BCUT2D eigenvalue weighted by molar-refractivity contribution is 4.82. The summed E-state index contributed by atoms with van der Waals surface area (Å²) in [6, 6.07) is 2.31. The molecule has 0 aromatic heterocycles. The van der Waals surface area contributed by atoms with Gasteiger partial charge >= 0.3 is 0 Å². The van der Waals surface area contributed by atoms with Crippen LogP contribution in [0.5, 0.6) is 0 Å². The Morgan fingerprint density at radius 2 is 1.90 bits per heavy atom. The monoisotopic (exact) mass is 281 g/mol. The highest BCUT2D eigenvalue weighted by atomic mass is 15.2. The van der Waals surface area contributed by atoms with E-state index in [1.165, 1.54) is 71.1 Å². The fraction of sp³-hybridized carbons (Fsp3) is 1.00. The van der Waals surface area contributed by atoms with Crippen molar-refractivity contribution in [1.82, 2.24) is 15.1 Å². The summed E-state index contributed by atoms with van der Waals surface area (Å²) in [6.45, 7) is 9.59. The first-order chi connectivity index (χ1) is 9.66. The summed E-state index contributed by atoms with van der Waals surface area (Å²) in [7, 11) is 2.33. The maximum Gasteiger partial charge on any atom is 0.0207 e. The van der Waals surface area contributed by atoms with Gasteiger partial charge in [0.05, 0.1) is 0 Å². The molecular weight excluding hydrogens is 246 g/mol. The van der Waals surface area contributed by atoms with Crippen molar-refractivity contribution < 1.29 is 0 Å². The first-order valence-electron chi connectivity index (χ1n) is 8.84. The molecule has 2 rings (SSSR count). The maximum atomic E-state index is 3.76. The normalized spacial score (nSPS) is 25.9. The lowest BCUT2D eigenvalue weighted by Gasteiger charge is -2.31. The minimum atomic E-state index is 0.708. The Morgan fingerprint density at radius 1 is 1.15 bits per heavy atom. The number of hydrogen-bond acceptors (Lipinski definition) is 3. The summed E-state index contributed by atoms with van der Waals surface area (Å²) in [6.07, 6.45) is 9.83. The van der Waals surface area contributed by atoms with Gasteiger partial charge in [0.1, 0.15) is 0 Å². The van der Waals surface area contributed by atoms with Gasteiger partial charge in [0.15, 0.2) is 0 Å². The van der Waals surface area contributed by atoms with Crippen molar-refractivity contribution in [2.24, 2.45) is 0 Å². The molecule has 3 heteroatoms. The third-order valence-corrected chi connectivity index (χ3v) is 5.27. The van der Waals surface area contributed by atoms with Gasteiger partial charge in [-0.05, 0) is 66.2 Å². The Balaban J connectivity index is 1.53. The second-order valence-electron chi connectivity index (χ2n) is 7.15. The van der Waals surface area contributed by atoms with E-state index in [9.17, 15) is 0 Å². The van der Waals surface area contributed by atoms with Gasteiger partial charge in [0, 0.05) is 24.7 Å². The molecular formula is C17H35N3. The molecule has 0 aromatic rings. The number of likely N-dealkylation sites (tertiary alicyclic amines) is 1. The van der Waals surface area contributed by atoms with Crippen molar-refractivity contribution in [2.45, 2.75) is 76.9 Å². The lowest BCUT2D eigenvalue weighted by Crippen LogP contribution is -2.38. The van der Waals surface area contributed by atoms with Crippen molar-refractivity contribution in [2.75, 3.05) is 33.2 Å². The van der Waals surface area contributed by atoms with Crippen LogP contribution in [0, 0.1) is 0 Å². The van der Waals surface area contributed by atoms with Crippen molar-refractivity contribution in [3.8, 4) is 0 Å². The van der Waals surface area contributed by atoms with Crippen molar-refractivity contribution >= 4 is 0 Å². The molecule has 2 aliphatic rings. The fourth-order valence-electron chi connectivity index (χ4n) is 3.76. The third kappa shape index (κ3) is 5.01. The SMILES string of the molecule is CC(C)N1CCC(NCCCN(C)C2CCCCC2)C1. The molecule has 1 aliphatic heterocycles. The van der Waals surface area contributed by atoms with Gasteiger partial charge in [-0.25, -0.2) is 0 Å². The lowest BCUT2D eigenvalue weighted by molar-refractivity contribution is 0.189. The Labute approximate surface area is 126 Å². The second kappa shape index (κ2) is 8.35. The highest BCUT2D eigenvalue weighted by Gasteiger charge is 2.23. The van der Waals surface area contributed by atoms with Crippen molar-refractivity contribution in [1.29, 1.82) is 0 Å². The third-order valence-electron chi connectivity index (χ3n) is 5.27. The summed E-state index contributed by atoms with van der Waals surface area (Å²) < 4.78 is 0. The van der Waals surface area contributed by atoms with Crippen LogP contribution in [0.3, 0.4) is 0 Å². The van der Waals surface area contributed by atoms with Crippen LogP contribution < -0.4 is 5.32 Å². The van der Waals surface area contributed by atoms with Crippen molar-refractivity contribution in [3.05, 3.63) is 0 Å². The molecule has 1 atom stereocenters. The Morgan fingerprint density at radius 3 is 2.55 bits per heavy atom. The predicted octanol–water partition coefficient (Wildman–Crippen LogP) is 2.71. The van der Waals surface area contributed by atoms with Gasteiger partial charge in [-0.2, -0.15) is 0 Å². The molecule has 1 unspecified atom stereocenters. The van der Waals surface area contributed by atoms with E-state index in [1.54, 1.807) is 0 Å². The van der Waals surface area contributed by atoms with Gasteiger partial charge < -0.3 is 10.2 Å². The molecule has 0 bridgehead atoms. The molecule has 20 heavy (non-hydrogen) atoms. The number of nitrogens with one attached hydrogen (secondary N) is 1. The van der Waals surface area contributed by atoms with E-state index in [2.05, 4.69) is 36.0 Å². The van der Waals surface area contributed by atoms with Gasteiger partial charge in [-0.15, -0.1) is 0 Å². The van der Waals surface area contributed by atoms with E-state index in [1.807, 2.05) is 0 Å². The molecule has 0 amide bonds. The van der Waals surface area contributed by atoms with Gasteiger partial charge in [0.25, 0.3) is 0 Å². The van der Waals surface area contributed by atoms with E-state index in [0.717, 1.165) is 12.1 Å². The number of rotatable bonds is 7. The number of nitrogens with zero attached hydrogens (tertiary/aromatic N) is 2. The molecule has 1 saturated heterocycles. The van der Waals surface area contributed by atoms with Crippen LogP contribution >= 0.6 is 0 Å². The molecule has 118 valence electrons. The molecule has 3 nitrogen and oxygen atoms in total. The summed E-state index contributed by atoms with van der Waals surface area (Å²) in [5.74, 6) is 0. The van der Waals surface area contributed by atoms with E-state index < -0.39 is 0 Å². The maximum absolute atomic E-state index is 3.76. The molecule has 0 spiro atoms. The molecule has 1 aliphatic carbocycles. The number of hydrogen-bond donors (Lipinski definition) is 1. The second-order valence-corrected chi connectivity index (χ2v) is 7.15. The zero-order valence-corrected chi connectivity index (χ0v) is 13.9. The highest BCUT2D eigenvalue weighted by Crippen LogP contribution is 2.21. The average molecular weight is 281 g/mol. The quantitative estimate of drug-likeness (QED) is 0.724. The van der Waals surface area contributed by atoms with Crippen LogP contribution in [0.4, 0.5) is 0 Å². The zero-order valence-electron chi connectivity index (χ0n) is 13.9. The summed E-state index contributed by atoms with van der Waals surface area (Å²) >= 11 is 0. The van der Waals surface area contributed by atoms with Crippen LogP contribution in [0.15, 0.2) is 0 Å². The summed E-state index contributed by atoms with van der Waals surface area (Å²) in [5, 5.41) is 3.76. The van der Waals surface area contributed by atoms with E-state index in [0.29, 0.717) is 6.04 Å². The minimum absolute atomic E-state index is 0.708. The lowest BCUT2D eigenvalue weighted by atomic mass is 9.94. The van der Waals surface area contributed by atoms with Gasteiger partial charge in [-0.3, -0.25) is 4.90 Å². The molecule has 0 radical (unpaired) electrons. The molecule has 1 saturated carbocycles. The van der Waals surface area contributed by atoms with Crippen LogP contribution in [-0.2, 0) is 0 Å². The van der Waals surface area contributed by atoms with E-state index in [-0.39, 0.29) is 0 Å². The van der Waals surface area contributed by atoms with Crippen LogP contribution in [0.2, 0.25) is 0 Å². The Bertz CT molecular complexity index is 261.